The first-order valence-corrected chi connectivity index (χ1v) is 10.5. The second-order valence-corrected chi connectivity index (χ2v) is 8.08. The molecule has 1 fully saturated rings. The Balaban J connectivity index is 1.43. The van der Waals surface area contributed by atoms with Gasteiger partial charge in [0, 0.05) is 37.9 Å². The number of benzene rings is 1. The van der Waals surface area contributed by atoms with Gasteiger partial charge in [-0.1, -0.05) is 12.6 Å². The summed E-state index contributed by atoms with van der Waals surface area (Å²) >= 11 is 0. The molecule has 32 heavy (non-hydrogen) atoms. The monoisotopic (exact) mass is 439 g/mol. The molecule has 1 saturated heterocycles. The van der Waals surface area contributed by atoms with Crippen LogP contribution in [-0.2, 0) is 22.7 Å². The molecule has 0 aliphatic carbocycles. The van der Waals surface area contributed by atoms with Crippen molar-refractivity contribution >= 4 is 29.3 Å². The number of nitrogens with zero attached hydrogens (tertiary/aromatic N) is 4. The number of anilines is 3. The lowest BCUT2D eigenvalue weighted by atomic mass is 10.1. The lowest BCUT2D eigenvalue weighted by molar-refractivity contribution is -0.127. The number of primary amides is 1. The van der Waals surface area contributed by atoms with E-state index in [1.54, 1.807) is 4.90 Å². The SMILES string of the molecule is C=CC(=O)N1CCC[C@@H](Nc2nc(Nc3ccc4c(c3)CN(CC(N)=O)C4)ncc2F)C1. The van der Waals surface area contributed by atoms with Crippen LogP contribution in [0, 0.1) is 5.82 Å². The molecule has 10 heteroatoms. The molecule has 2 aromatic rings. The van der Waals surface area contributed by atoms with E-state index in [-0.39, 0.29) is 36.2 Å². The van der Waals surface area contributed by atoms with Crippen molar-refractivity contribution in [3.8, 4) is 0 Å². The number of piperidine rings is 1. The average Bonchev–Trinajstić information content (AvgIpc) is 3.16. The summed E-state index contributed by atoms with van der Waals surface area (Å²) < 4.78 is 14.4. The Labute approximate surface area is 185 Å². The average molecular weight is 439 g/mol. The molecule has 1 aromatic heterocycles. The van der Waals surface area contributed by atoms with Crippen LogP contribution in [0.2, 0.25) is 0 Å². The molecule has 1 aromatic carbocycles. The van der Waals surface area contributed by atoms with Crippen LogP contribution in [-0.4, -0.2) is 57.3 Å². The van der Waals surface area contributed by atoms with Gasteiger partial charge in [0.25, 0.3) is 0 Å². The van der Waals surface area contributed by atoms with Gasteiger partial charge in [-0.25, -0.2) is 9.37 Å². The van der Waals surface area contributed by atoms with Gasteiger partial charge in [0.05, 0.1) is 12.7 Å². The van der Waals surface area contributed by atoms with Crippen molar-refractivity contribution in [1.29, 1.82) is 0 Å². The largest absolute Gasteiger partial charge is 0.369 e. The first-order chi connectivity index (χ1) is 15.4. The number of halogens is 1. The third kappa shape index (κ3) is 5.02. The van der Waals surface area contributed by atoms with Gasteiger partial charge in [0.15, 0.2) is 11.6 Å². The molecule has 3 heterocycles. The molecule has 2 amide bonds. The molecule has 0 bridgehead atoms. The van der Waals surface area contributed by atoms with Crippen LogP contribution in [0.4, 0.5) is 21.8 Å². The number of carbonyl (C=O) groups is 2. The zero-order valence-electron chi connectivity index (χ0n) is 17.7. The first-order valence-electron chi connectivity index (χ1n) is 10.5. The number of hydrogen-bond acceptors (Lipinski definition) is 7. The first kappa shape index (κ1) is 21.7. The number of nitrogens with one attached hydrogen (secondary N) is 2. The van der Waals surface area contributed by atoms with Crippen molar-refractivity contribution in [2.24, 2.45) is 5.73 Å². The highest BCUT2D eigenvalue weighted by Crippen LogP contribution is 2.27. The van der Waals surface area contributed by atoms with Crippen molar-refractivity contribution in [3.63, 3.8) is 0 Å². The summed E-state index contributed by atoms with van der Waals surface area (Å²) in [7, 11) is 0. The number of aromatic nitrogens is 2. The summed E-state index contributed by atoms with van der Waals surface area (Å²) in [5, 5.41) is 6.22. The molecular formula is C22H26FN7O2. The quantitative estimate of drug-likeness (QED) is 0.563. The van der Waals surface area contributed by atoms with Gasteiger partial charge < -0.3 is 21.3 Å². The normalized spacial score (nSPS) is 18.2. The summed E-state index contributed by atoms with van der Waals surface area (Å²) in [6.45, 7) is 6.17. The number of carbonyl (C=O) groups excluding carboxylic acids is 2. The third-order valence-corrected chi connectivity index (χ3v) is 5.62. The maximum atomic E-state index is 14.4. The van der Waals surface area contributed by atoms with Gasteiger partial charge in [-0.3, -0.25) is 14.5 Å². The number of rotatable bonds is 7. The van der Waals surface area contributed by atoms with Gasteiger partial charge in [-0.05, 0) is 42.2 Å². The second-order valence-electron chi connectivity index (χ2n) is 8.08. The maximum absolute atomic E-state index is 14.4. The maximum Gasteiger partial charge on any atom is 0.246 e. The van der Waals surface area contributed by atoms with Crippen molar-refractivity contribution in [2.75, 3.05) is 30.3 Å². The van der Waals surface area contributed by atoms with Crippen LogP contribution in [0.1, 0.15) is 24.0 Å². The number of fused-ring (bicyclic) bond motifs is 1. The molecule has 0 saturated carbocycles. The van der Waals surface area contributed by atoms with E-state index < -0.39 is 5.82 Å². The van der Waals surface area contributed by atoms with Gasteiger partial charge in [-0.15, -0.1) is 0 Å². The van der Waals surface area contributed by atoms with E-state index in [1.165, 1.54) is 6.08 Å². The molecular weight excluding hydrogens is 413 g/mol. The predicted octanol–water partition coefficient (Wildman–Crippen LogP) is 1.75. The molecule has 2 aliphatic rings. The predicted molar refractivity (Wildman–Crippen MR) is 118 cm³/mol. The molecule has 0 radical (unpaired) electrons. The van der Waals surface area contributed by atoms with E-state index in [4.69, 9.17) is 5.73 Å². The Bertz CT molecular complexity index is 1040. The third-order valence-electron chi connectivity index (χ3n) is 5.62. The lowest BCUT2D eigenvalue weighted by Crippen LogP contribution is -2.44. The topological polar surface area (TPSA) is 116 Å². The van der Waals surface area contributed by atoms with Crippen LogP contribution < -0.4 is 16.4 Å². The molecule has 4 N–H and O–H groups in total. The second kappa shape index (κ2) is 9.31. The summed E-state index contributed by atoms with van der Waals surface area (Å²) in [4.78, 5) is 35.1. The number of nitrogens with two attached hydrogens (primary N) is 1. The van der Waals surface area contributed by atoms with Crippen molar-refractivity contribution in [1.82, 2.24) is 19.8 Å². The lowest BCUT2D eigenvalue weighted by Gasteiger charge is -2.32. The molecule has 1 atom stereocenters. The van der Waals surface area contributed by atoms with Crippen LogP contribution in [0.25, 0.3) is 0 Å². The van der Waals surface area contributed by atoms with E-state index in [0.29, 0.717) is 26.2 Å². The van der Waals surface area contributed by atoms with Crippen LogP contribution >= 0.6 is 0 Å². The van der Waals surface area contributed by atoms with Crippen LogP contribution in [0.3, 0.4) is 0 Å². The zero-order chi connectivity index (χ0) is 22.7. The van der Waals surface area contributed by atoms with Gasteiger partial charge in [0.1, 0.15) is 0 Å². The summed E-state index contributed by atoms with van der Waals surface area (Å²) in [5.74, 6) is -0.692. The van der Waals surface area contributed by atoms with Crippen molar-refractivity contribution < 1.29 is 14.0 Å². The minimum Gasteiger partial charge on any atom is -0.369 e. The highest BCUT2D eigenvalue weighted by molar-refractivity contribution is 5.87. The molecule has 0 unspecified atom stereocenters. The Morgan fingerprint density at radius 3 is 2.91 bits per heavy atom. The van der Waals surface area contributed by atoms with Crippen LogP contribution in [0.5, 0.6) is 0 Å². The van der Waals surface area contributed by atoms with Crippen molar-refractivity contribution in [2.45, 2.75) is 32.0 Å². The Morgan fingerprint density at radius 2 is 2.12 bits per heavy atom. The molecule has 0 spiro atoms. The Kier molecular flexibility index (Phi) is 6.31. The zero-order valence-corrected chi connectivity index (χ0v) is 17.7. The molecule has 168 valence electrons. The fourth-order valence-electron chi connectivity index (χ4n) is 4.15. The van der Waals surface area contributed by atoms with Crippen LogP contribution in [0.15, 0.2) is 37.1 Å². The van der Waals surface area contributed by atoms with Gasteiger partial charge >= 0.3 is 0 Å². The summed E-state index contributed by atoms with van der Waals surface area (Å²) in [5.41, 5.74) is 8.28. The van der Waals surface area contributed by atoms with E-state index in [9.17, 15) is 14.0 Å². The summed E-state index contributed by atoms with van der Waals surface area (Å²) in [6.07, 6.45) is 4.03. The summed E-state index contributed by atoms with van der Waals surface area (Å²) in [6, 6.07) is 5.73. The standard InChI is InChI=1S/C22H26FN7O2/c1-2-20(32)30-7-3-4-17(12-30)26-21-18(23)9-25-22(28-21)27-16-6-5-14-10-29(13-19(24)31)11-15(14)8-16/h2,5-6,8-9,17H,1,3-4,7,10-13H2,(H2,24,31)(H2,25,26,27,28)/t17-/m1/s1. The fourth-order valence-corrected chi connectivity index (χ4v) is 4.15. The molecule has 4 rings (SSSR count). The number of likely N-dealkylation sites (tertiary alicyclic amines) is 1. The highest BCUT2D eigenvalue weighted by atomic mass is 19.1. The smallest absolute Gasteiger partial charge is 0.246 e. The van der Waals surface area contributed by atoms with E-state index in [2.05, 4.69) is 27.2 Å². The molecule has 2 aliphatic heterocycles. The Hall–Kier alpha value is -3.53. The Morgan fingerprint density at radius 1 is 1.31 bits per heavy atom. The fraction of sp³-hybridized carbons (Fsp3) is 0.364. The minimum absolute atomic E-state index is 0.0918. The molecule has 9 nitrogen and oxygen atoms in total. The van der Waals surface area contributed by atoms with Crippen molar-refractivity contribution in [3.05, 3.63) is 54.0 Å². The van der Waals surface area contributed by atoms with E-state index in [1.807, 2.05) is 23.1 Å². The number of hydrogen-bond donors (Lipinski definition) is 3. The van der Waals surface area contributed by atoms with Gasteiger partial charge in [-0.2, -0.15) is 4.98 Å². The van der Waals surface area contributed by atoms with E-state index in [0.717, 1.165) is 35.9 Å². The highest BCUT2D eigenvalue weighted by Gasteiger charge is 2.24. The minimum atomic E-state index is -0.557. The van der Waals surface area contributed by atoms with E-state index >= 15 is 0 Å². The van der Waals surface area contributed by atoms with Gasteiger partial charge in [0.2, 0.25) is 17.8 Å². The number of amides is 2.